The number of nitrogens with zero attached hydrogens (tertiary/aromatic N) is 2. The second kappa shape index (κ2) is 10.5. The molecule has 1 atom stereocenters. The van der Waals surface area contributed by atoms with E-state index >= 15 is 0 Å². The van der Waals surface area contributed by atoms with Crippen LogP contribution < -0.4 is 9.64 Å². The van der Waals surface area contributed by atoms with Crippen LogP contribution in [0.1, 0.15) is 44.1 Å². The molecule has 0 bridgehead atoms. The summed E-state index contributed by atoms with van der Waals surface area (Å²) in [4.78, 5) is 5.02. The van der Waals surface area contributed by atoms with E-state index in [0.717, 1.165) is 44.9 Å². The molecule has 2 aromatic rings. The monoisotopic (exact) mass is 422 g/mol. The Bertz CT molecular complexity index is 798. The van der Waals surface area contributed by atoms with Crippen LogP contribution in [0.15, 0.2) is 54.6 Å². The zero-order chi connectivity index (χ0) is 21.5. The van der Waals surface area contributed by atoms with Gasteiger partial charge < -0.3 is 14.7 Å². The van der Waals surface area contributed by atoms with Crippen molar-refractivity contribution in [2.75, 3.05) is 51.3 Å². The molecule has 31 heavy (non-hydrogen) atoms. The minimum absolute atomic E-state index is 0.110. The molecule has 1 saturated heterocycles. The van der Waals surface area contributed by atoms with Crippen LogP contribution in [-0.4, -0.2) is 56.4 Å². The summed E-state index contributed by atoms with van der Waals surface area (Å²) in [6.07, 6.45) is 7.48. The number of rotatable bonds is 8. The van der Waals surface area contributed by atoms with E-state index in [9.17, 15) is 5.11 Å². The maximum absolute atomic E-state index is 10.7. The van der Waals surface area contributed by atoms with Crippen LogP contribution in [0.2, 0.25) is 0 Å². The fourth-order valence-corrected chi connectivity index (χ4v) is 5.77. The Balaban J connectivity index is 1.42. The number of ether oxygens (including phenoxy) is 1. The normalized spacial score (nSPS) is 20.4. The number of aliphatic hydroxyl groups is 1. The van der Waals surface area contributed by atoms with Gasteiger partial charge in [0.2, 0.25) is 0 Å². The van der Waals surface area contributed by atoms with E-state index in [1.807, 2.05) is 12.1 Å². The van der Waals surface area contributed by atoms with Crippen molar-refractivity contribution in [3.8, 4) is 5.75 Å². The first-order valence-corrected chi connectivity index (χ1v) is 12.0. The summed E-state index contributed by atoms with van der Waals surface area (Å²) in [5.41, 5.74) is 2.42. The number of hydrogen-bond donors (Lipinski definition) is 1. The number of hydrogen-bond acceptors (Lipinski definition) is 4. The number of anilines is 1. The largest absolute Gasteiger partial charge is 0.495 e. The van der Waals surface area contributed by atoms with E-state index < -0.39 is 0 Å². The molecule has 1 N–H and O–H groups in total. The molecule has 1 aliphatic heterocycles. The highest BCUT2D eigenvalue weighted by molar-refractivity contribution is 5.58. The van der Waals surface area contributed by atoms with Gasteiger partial charge in [-0.25, -0.2) is 0 Å². The SMILES string of the molecule is COc1ccccc1N1CCN(CCC(CO)(c2ccccc2)C2CCCCC2)CC1. The van der Waals surface area contributed by atoms with Crippen LogP contribution >= 0.6 is 0 Å². The van der Waals surface area contributed by atoms with Crippen LogP contribution in [-0.2, 0) is 5.41 Å². The second-order valence-corrected chi connectivity index (χ2v) is 9.27. The minimum Gasteiger partial charge on any atom is -0.495 e. The number of piperazine rings is 1. The van der Waals surface area contributed by atoms with Gasteiger partial charge in [-0.1, -0.05) is 61.7 Å². The van der Waals surface area contributed by atoms with Gasteiger partial charge >= 0.3 is 0 Å². The Hall–Kier alpha value is -2.04. The molecule has 2 fully saturated rings. The van der Waals surface area contributed by atoms with Crippen molar-refractivity contribution < 1.29 is 9.84 Å². The molecule has 168 valence electrons. The highest BCUT2D eigenvalue weighted by atomic mass is 16.5. The average molecular weight is 423 g/mol. The standard InChI is InChI=1S/C27H38N2O2/c1-31-26-15-9-8-14-25(26)29-20-18-28(19-21-29)17-16-27(22-30,23-10-4-2-5-11-23)24-12-6-3-7-13-24/h2,4-5,8-11,14-15,24,30H,3,6-7,12-13,16-22H2,1H3. The van der Waals surface area contributed by atoms with Gasteiger partial charge in [-0.3, -0.25) is 4.90 Å². The van der Waals surface area contributed by atoms with Gasteiger partial charge in [-0.2, -0.15) is 0 Å². The van der Waals surface area contributed by atoms with Gasteiger partial charge in [-0.05, 0) is 49.4 Å². The van der Waals surface area contributed by atoms with Crippen LogP contribution in [0.3, 0.4) is 0 Å². The third kappa shape index (κ3) is 4.91. The maximum atomic E-state index is 10.7. The molecule has 0 amide bonds. The number of methoxy groups -OCH3 is 1. The van der Waals surface area contributed by atoms with Gasteiger partial charge in [0.1, 0.15) is 5.75 Å². The fraction of sp³-hybridized carbons (Fsp3) is 0.556. The number of aliphatic hydroxyl groups excluding tert-OH is 1. The van der Waals surface area contributed by atoms with Gasteiger partial charge in [0.05, 0.1) is 19.4 Å². The summed E-state index contributed by atoms with van der Waals surface area (Å²) in [6.45, 7) is 5.44. The molecule has 0 spiro atoms. The van der Waals surface area contributed by atoms with Crippen molar-refractivity contribution >= 4 is 5.69 Å². The van der Waals surface area contributed by atoms with Gasteiger partial charge in [-0.15, -0.1) is 0 Å². The predicted octanol–water partition coefficient (Wildman–Crippen LogP) is 4.72. The summed E-state index contributed by atoms with van der Waals surface area (Å²) in [5.74, 6) is 1.54. The molecule has 2 aliphatic rings. The summed E-state index contributed by atoms with van der Waals surface area (Å²) in [5, 5.41) is 10.7. The van der Waals surface area contributed by atoms with Crippen molar-refractivity contribution in [2.45, 2.75) is 43.9 Å². The summed E-state index contributed by atoms with van der Waals surface area (Å²) < 4.78 is 5.57. The quantitative estimate of drug-likeness (QED) is 0.668. The Kier molecular flexibility index (Phi) is 7.52. The average Bonchev–Trinajstić information content (AvgIpc) is 2.86. The van der Waals surface area contributed by atoms with Crippen LogP contribution in [0.5, 0.6) is 5.75 Å². The molecule has 1 heterocycles. The molecule has 4 nitrogen and oxygen atoms in total. The molecule has 1 unspecified atom stereocenters. The molecule has 1 aliphatic carbocycles. The smallest absolute Gasteiger partial charge is 0.142 e. The third-order valence-electron chi connectivity index (χ3n) is 7.69. The topological polar surface area (TPSA) is 35.9 Å². The zero-order valence-corrected chi connectivity index (χ0v) is 19.0. The number of para-hydroxylation sites is 2. The predicted molar refractivity (Wildman–Crippen MR) is 128 cm³/mol. The van der Waals surface area contributed by atoms with Gasteiger partial charge in [0.15, 0.2) is 0 Å². The first-order valence-electron chi connectivity index (χ1n) is 12.0. The lowest BCUT2D eigenvalue weighted by Crippen LogP contribution is -2.49. The minimum atomic E-state index is -0.110. The van der Waals surface area contributed by atoms with E-state index in [-0.39, 0.29) is 12.0 Å². The fourth-order valence-electron chi connectivity index (χ4n) is 5.77. The van der Waals surface area contributed by atoms with Crippen molar-refractivity contribution in [3.05, 3.63) is 60.2 Å². The van der Waals surface area contributed by atoms with Crippen LogP contribution in [0.25, 0.3) is 0 Å². The molecule has 2 aromatic carbocycles. The molecule has 4 rings (SSSR count). The van der Waals surface area contributed by atoms with E-state index in [1.165, 1.54) is 43.4 Å². The van der Waals surface area contributed by atoms with Crippen molar-refractivity contribution in [2.24, 2.45) is 5.92 Å². The lowest BCUT2D eigenvalue weighted by atomic mass is 9.63. The molecule has 4 heteroatoms. The van der Waals surface area contributed by atoms with Crippen molar-refractivity contribution in [1.29, 1.82) is 0 Å². The lowest BCUT2D eigenvalue weighted by Gasteiger charge is -2.44. The maximum Gasteiger partial charge on any atom is 0.142 e. The second-order valence-electron chi connectivity index (χ2n) is 9.27. The molecular weight excluding hydrogens is 384 g/mol. The van der Waals surface area contributed by atoms with Gasteiger partial charge in [0.25, 0.3) is 0 Å². The highest BCUT2D eigenvalue weighted by Crippen LogP contribution is 2.43. The first-order chi connectivity index (χ1) is 15.3. The van der Waals surface area contributed by atoms with Crippen LogP contribution in [0.4, 0.5) is 5.69 Å². The van der Waals surface area contributed by atoms with E-state index in [4.69, 9.17) is 4.74 Å². The zero-order valence-electron chi connectivity index (χ0n) is 19.0. The van der Waals surface area contributed by atoms with E-state index in [0.29, 0.717) is 5.92 Å². The molecule has 0 aromatic heterocycles. The first kappa shape index (κ1) is 22.2. The molecular formula is C27H38N2O2. The Morgan fingerprint density at radius 1 is 0.903 bits per heavy atom. The van der Waals surface area contributed by atoms with E-state index in [1.54, 1.807) is 7.11 Å². The Morgan fingerprint density at radius 3 is 2.26 bits per heavy atom. The summed E-state index contributed by atoms with van der Waals surface area (Å²) >= 11 is 0. The van der Waals surface area contributed by atoms with Crippen molar-refractivity contribution in [1.82, 2.24) is 4.90 Å². The third-order valence-corrected chi connectivity index (χ3v) is 7.69. The summed E-state index contributed by atoms with van der Waals surface area (Å²) in [6, 6.07) is 19.2. The molecule has 0 radical (unpaired) electrons. The van der Waals surface area contributed by atoms with Crippen LogP contribution in [0, 0.1) is 5.92 Å². The lowest BCUT2D eigenvalue weighted by molar-refractivity contribution is 0.0866. The highest BCUT2D eigenvalue weighted by Gasteiger charge is 2.40. The Labute approximate surface area is 187 Å². The van der Waals surface area contributed by atoms with Crippen molar-refractivity contribution in [3.63, 3.8) is 0 Å². The molecule has 1 saturated carbocycles. The van der Waals surface area contributed by atoms with Gasteiger partial charge in [0, 0.05) is 31.6 Å². The Morgan fingerprint density at radius 2 is 1.58 bits per heavy atom. The number of benzene rings is 2. The summed E-state index contributed by atoms with van der Waals surface area (Å²) in [7, 11) is 1.75. The van der Waals surface area contributed by atoms with E-state index in [2.05, 4.69) is 52.3 Å².